The highest BCUT2D eigenvalue weighted by Gasteiger charge is 2.43. The van der Waals surface area contributed by atoms with Crippen molar-refractivity contribution in [2.75, 3.05) is 0 Å². The Labute approximate surface area is 832 Å². The zero-order chi connectivity index (χ0) is 95.8. The Bertz CT molecular complexity index is 9460. The fourth-order valence-electron chi connectivity index (χ4n) is 23.3. The van der Waals surface area contributed by atoms with Crippen LogP contribution in [-0.2, 0) is 16.2 Å². The monoisotopic (exact) mass is 1820 g/mol. The molecule has 5 aromatic heterocycles. The summed E-state index contributed by atoms with van der Waals surface area (Å²) in [7, 11) is 0. The zero-order valence-corrected chi connectivity index (χ0v) is 80.3. The molecule has 143 heavy (non-hydrogen) atoms. The second-order valence-electron chi connectivity index (χ2n) is 40.0. The molecule has 5 heterocycles. The molecule has 674 valence electrons. The van der Waals surface area contributed by atoms with Crippen LogP contribution in [0.15, 0.2) is 479 Å². The maximum atomic E-state index is 5.32. The molecule has 0 spiro atoms. The number of fused-ring (bicyclic) bond motifs is 18. The summed E-state index contributed by atoms with van der Waals surface area (Å²) in [5, 5.41) is 13.4. The van der Waals surface area contributed by atoms with Crippen LogP contribution in [-0.4, -0.2) is 24.9 Å². The standard InChI is InChI=1S/C54H37N3.C44H31N.C40H29N/c1-54(2)45-22-11-9-20-42(45)52-50(54)49(43-21-10-12-23-48(43)57-52)37-26-24-34(25-27-37)38-18-13-19-39(32-38)44-33-40-28-30-46(35-14-5-3-6-15-35)55-51(40)53-41(44)29-31-47(56-53)36-16-7-4-8-17-36;1-44(2)39-16-7-5-14-37(39)43-42(44)41(38-15-6-8-17-40(38)45-43)29-20-18-28(19-21-29)30-12-9-13-33(24-30)34-22-23-35-25-31-10-3-4-11-32(31)26-36(35)27-34;1-40(2)35-16-7-5-14-33(35)39-38(40)37(34-15-6-8-17-36(34)41-39)28-21-18-27(19-22-28)30-12-9-13-31(24-30)32-23-20-26-10-3-4-11-29(26)25-32/h3-33H,1-2H3;3-27H,1-2H3;3-25H,1-2H3. The van der Waals surface area contributed by atoms with Gasteiger partial charge >= 0.3 is 0 Å². The third kappa shape index (κ3) is 14.8. The maximum Gasteiger partial charge on any atom is 0.0978 e. The zero-order valence-electron chi connectivity index (χ0n) is 80.3. The summed E-state index contributed by atoms with van der Waals surface area (Å²) in [5.74, 6) is 0. The van der Waals surface area contributed by atoms with Gasteiger partial charge in [-0.1, -0.05) is 436 Å². The third-order valence-electron chi connectivity index (χ3n) is 30.4. The van der Waals surface area contributed by atoms with E-state index in [1.54, 1.807) is 0 Å². The molecule has 28 rings (SSSR count). The average Bonchev–Trinajstić information content (AvgIpc) is 1.56. The number of aromatic nitrogens is 5. The first-order chi connectivity index (χ1) is 70.1. The highest BCUT2D eigenvalue weighted by molar-refractivity contribution is 6.13. The maximum absolute atomic E-state index is 5.32. The van der Waals surface area contributed by atoms with E-state index in [2.05, 4.69) is 509 Å². The quantitative estimate of drug-likeness (QED) is 0.0954. The van der Waals surface area contributed by atoms with Crippen molar-refractivity contribution in [2.45, 2.75) is 57.8 Å². The molecule has 3 aliphatic carbocycles. The van der Waals surface area contributed by atoms with Crippen LogP contribution in [0.5, 0.6) is 0 Å². The van der Waals surface area contributed by atoms with Crippen molar-refractivity contribution in [1.82, 2.24) is 24.9 Å². The first-order valence-electron chi connectivity index (χ1n) is 49.6. The summed E-state index contributed by atoms with van der Waals surface area (Å²) < 4.78 is 0. The van der Waals surface area contributed by atoms with E-state index in [1.165, 1.54) is 182 Å². The molecule has 0 saturated heterocycles. The molecular weight excluding hydrogens is 1730 g/mol. The van der Waals surface area contributed by atoms with Gasteiger partial charge in [0, 0.05) is 71.0 Å². The Balaban J connectivity index is 0.000000111. The number of rotatable bonds is 11. The van der Waals surface area contributed by atoms with Crippen LogP contribution in [0.4, 0.5) is 0 Å². The normalized spacial score (nSPS) is 13.1. The Morgan fingerprint density at radius 1 is 0.154 bits per heavy atom. The number of benzene rings is 20. The molecule has 0 fully saturated rings. The molecule has 25 aromatic rings. The molecule has 0 unspecified atom stereocenters. The summed E-state index contributed by atoms with van der Waals surface area (Å²) in [4.78, 5) is 26.2. The second-order valence-corrected chi connectivity index (χ2v) is 40.0. The number of pyridine rings is 5. The van der Waals surface area contributed by atoms with Crippen LogP contribution in [0, 0.1) is 0 Å². The fraction of sp³-hybridized carbons (Fsp3) is 0.0652. The lowest BCUT2D eigenvalue weighted by Gasteiger charge is -2.25. The molecule has 0 saturated carbocycles. The van der Waals surface area contributed by atoms with Gasteiger partial charge in [-0.2, -0.15) is 0 Å². The molecular formula is C138H97N5. The molecule has 5 heteroatoms. The molecule has 0 radical (unpaired) electrons. The predicted molar refractivity (Wildman–Crippen MR) is 601 cm³/mol. The molecule has 0 N–H and O–H groups in total. The highest BCUT2D eigenvalue weighted by Crippen LogP contribution is 2.58. The summed E-state index contributed by atoms with van der Waals surface area (Å²) in [6, 6.07) is 173. The molecule has 0 bridgehead atoms. The number of nitrogens with zero attached hydrogens (tertiary/aromatic N) is 5. The van der Waals surface area contributed by atoms with Crippen LogP contribution in [0.25, 0.3) is 243 Å². The minimum absolute atomic E-state index is 0.134. The van der Waals surface area contributed by atoms with Crippen LogP contribution >= 0.6 is 0 Å². The van der Waals surface area contributed by atoms with Crippen molar-refractivity contribution in [2.24, 2.45) is 0 Å². The van der Waals surface area contributed by atoms with Gasteiger partial charge in [-0.25, -0.2) is 24.9 Å². The van der Waals surface area contributed by atoms with Crippen LogP contribution in [0.1, 0.15) is 74.9 Å². The van der Waals surface area contributed by atoms with E-state index in [0.29, 0.717) is 0 Å². The van der Waals surface area contributed by atoms with Crippen LogP contribution in [0.2, 0.25) is 0 Å². The van der Waals surface area contributed by atoms with E-state index in [4.69, 9.17) is 24.9 Å². The molecule has 0 amide bonds. The van der Waals surface area contributed by atoms with E-state index in [9.17, 15) is 0 Å². The fourth-order valence-corrected chi connectivity index (χ4v) is 23.3. The summed E-state index contributed by atoms with van der Waals surface area (Å²) in [6.07, 6.45) is 0. The Hall–Kier alpha value is -17.8. The number of hydrogen-bond donors (Lipinski definition) is 0. The summed E-state index contributed by atoms with van der Waals surface area (Å²) in [6.45, 7) is 14.0. The van der Waals surface area contributed by atoms with Gasteiger partial charge in [0.05, 0.1) is 56.1 Å². The first kappa shape index (κ1) is 85.6. The minimum atomic E-state index is -0.177. The Morgan fingerprint density at radius 3 is 0.874 bits per heavy atom. The number of para-hydroxylation sites is 3. The van der Waals surface area contributed by atoms with Crippen molar-refractivity contribution in [3.8, 4) is 156 Å². The van der Waals surface area contributed by atoms with Gasteiger partial charge in [0.2, 0.25) is 0 Å². The van der Waals surface area contributed by atoms with E-state index in [-0.39, 0.29) is 16.2 Å². The lowest BCUT2D eigenvalue weighted by Crippen LogP contribution is -2.16. The van der Waals surface area contributed by atoms with Gasteiger partial charge in [-0.15, -0.1) is 0 Å². The van der Waals surface area contributed by atoms with Crippen molar-refractivity contribution < 1.29 is 0 Å². The lowest BCUT2D eigenvalue weighted by molar-refractivity contribution is 0.661. The van der Waals surface area contributed by atoms with Crippen LogP contribution < -0.4 is 0 Å². The van der Waals surface area contributed by atoms with E-state index < -0.39 is 0 Å². The second kappa shape index (κ2) is 34.4. The Kier molecular flexibility index (Phi) is 20.6. The third-order valence-corrected chi connectivity index (χ3v) is 30.4. The highest BCUT2D eigenvalue weighted by atomic mass is 14.8. The molecule has 20 aromatic carbocycles. The smallest absolute Gasteiger partial charge is 0.0978 e. The predicted octanol–water partition coefficient (Wildman–Crippen LogP) is 36.5. The van der Waals surface area contributed by atoms with Gasteiger partial charge in [0.15, 0.2) is 0 Å². The average molecular weight is 1830 g/mol. The van der Waals surface area contributed by atoms with E-state index in [1.807, 2.05) is 12.1 Å². The van der Waals surface area contributed by atoms with Crippen LogP contribution in [0.3, 0.4) is 0 Å². The molecule has 3 aliphatic rings. The topological polar surface area (TPSA) is 64.5 Å². The van der Waals surface area contributed by atoms with Crippen molar-refractivity contribution in [3.05, 3.63) is 513 Å². The van der Waals surface area contributed by atoms with Gasteiger partial charge < -0.3 is 0 Å². The van der Waals surface area contributed by atoms with Gasteiger partial charge in [0.1, 0.15) is 0 Å². The van der Waals surface area contributed by atoms with E-state index >= 15 is 0 Å². The summed E-state index contributed by atoms with van der Waals surface area (Å²) in [5.41, 5.74) is 45.5. The minimum Gasteiger partial charge on any atom is -0.247 e. The SMILES string of the molecule is CC1(C)c2ccccc2-c2nc3ccccc3c(-c3ccc(-c4cccc(-c5cc6ccc(-c7ccccc7)nc6c6nc(-c7ccccc7)ccc56)c4)cc3)c21.CC1(C)c2ccccc2-c2nc3ccccc3c(-c3ccc(-c4cccc(-c5ccc6cc7ccccc7cc6c5)c4)cc3)c21.CC1(C)c2ccccc2-c2nc3ccccc3c(-c3ccc(-c4cccc(-c5ccc6ccccc6c5)c4)cc3)c21. The molecule has 0 atom stereocenters. The van der Waals surface area contributed by atoms with E-state index in [0.717, 1.165) is 94.6 Å². The van der Waals surface area contributed by atoms with Gasteiger partial charge in [-0.3, -0.25) is 0 Å². The summed E-state index contributed by atoms with van der Waals surface area (Å²) >= 11 is 0. The van der Waals surface area contributed by atoms with Gasteiger partial charge in [-0.05, 0) is 251 Å². The first-order valence-corrected chi connectivity index (χ1v) is 49.6. The lowest BCUT2D eigenvalue weighted by atomic mass is 9.78. The number of hydrogen-bond acceptors (Lipinski definition) is 5. The van der Waals surface area contributed by atoms with Crippen molar-refractivity contribution in [3.63, 3.8) is 0 Å². The Morgan fingerprint density at radius 2 is 0.441 bits per heavy atom. The molecule has 0 aliphatic heterocycles. The molecule has 5 nitrogen and oxygen atoms in total. The van der Waals surface area contributed by atoms with Crippen molar-refractivity contribution >= 4 is 86.8 Å². The van der Waals surface area contributed by atoms with Crippen molar-refractivity contribution in [1.29, 1.82) is 0 Å². The largest absolute Gasteiger partial charge is 0.247 e. The van der Waals surface area contributed by atoms with Gasteiger partial charge in [0.25, 0.3) is 0 Å².